The van der Waals surface area contributed by atoms with E-state index in [2.05, 4.69) is 15.6 Å². The maximum absolute atomic E-state index is 12.2. The minimum atomic E-state index is -0.292. The normalized spacial score (nSPS) is 16.4. The second-order valence-corrected chi connectivity index (χ2v) is 6.68. The van der Waals surface area contributed by atoms with Crippen molar-refractivity contribution in [3.63, 3.8) is 0 Å². The summed E-state index contributed by atoms with van der Waals surface area (Å²) in [6, 6.07) is 11.0. The van der Waals surface area contributed by atoms with Crippen LogP contribution in [0, 0.1) is 0 Å². The molecular weight excluding hydrogens is 358 g/mol. The molecule has 0 bridgehead atoms. The van der Waals surface area contributed by atoms with Gasteiger partial charge in [0.15, 0.2) is 0 Å². The van der Waals surface area contributed by atoms with E-state index in [1.54, 1.807) is 19.4 Å². The summed E-state index contributed by atoms with van der Waals surface area (Å²) in [6.07, 6.45) is 5.25. The monoisotopic (exact) mass is 385 g/mol. The molecule has 3 rings (SSSR count). The number of benzene rings is 1. The quantitative estimate of drug-likeness (QED) is 0.727. The number of methoxy groups -OCH3 is 1. The number of nitrogens with one attached hydrogen (secondary N) is 2. The van der Waals surface area contributed by atoms with Gasteiger partial charge in [0.05, 0.1) is 26.4 Å². The predicted molar refractivity (Wildman–Crippen MR) is 106 cm³/mol. The number of nitrogens with zero attached hydrogens (tertiary/aromatic N) is 1. The zero-order chi connectivity index (χ0) is 19.6. The van der Waals surface area contributed by atoms with Crippen LogP contribution in [-0.4, -0.2) is 37.4 Å². The number of anilines is 1. The summed E-state index contributed by atoms with van der Waals surface area (Å²) in [7, 11) is 1.56. The van der Waals surface area contributed by atoms with E-state index in [-0.39, 0.29) is 12.1 Å². The van der Waals surface area contributed by atoms with Crippen LogP contribution in [0.4, 0.5) is 10.5 Å². The average molecular weight is 385 g/mol. The lowest BCUT2D eigenvalue weighted by atomic mass is 10.1. The molecule has 1 aromatic heterocycles. The van der Waals surface area contributed by atoms with E-state index in [9.17, 15) is 4.79 Å². The first-order valence-electron chi connectivity index (χ1n) is 9.55. The Hall–Kier alpha value is -2.64. The maximum atomic E-state index is 12.2. The van der Waals surface area contributed by atoms with E-state index in [0.29, 0.717) is 31.3 Å². The van der Waals surface area contributed by atoms with Gasteiger partial charge in [-0.1, -0.05) is 18.2 Å². The van der Waals surface area contributed by atoms with Gasteiger partial charge >= 0.3 is 6.03 Å². The first kappa shape index (κ1) is 20.1. The summed E-state index contributed by atoms with van der Waals surface area (Å²) in [6.45, 7) is 2.25. The van der Waals surface area contributed by atoms with Gasteiger partial charge in [-0.25, -0.2) is 9.78 Å². The number of hydrogen-bond acceptors (Lipinski definition) is 5. The minimum Gasteiger partial charge on any atom is -0.481 e. The van der Waals surface area contributed by atoms with E-state index in [1.807, 2.05) is 30.3 Å². The van der Waals surface area contributed by atoms with Crippen molar-refractivity contribution in [1.82, 2.24) is 10.3 Å². The van der Waals surface area contributed by atoms with E-state index in [4.69, 9.17) is 14.2 Å². The molecule has 28 heavy (non-hydrogen) atoms. The number of pyridine rings is 1. The molecule has 2 heterocycles. The Balaban J connectivity index is 1.44. The second kappa shape index (κ2) is 10.6. The SMILES string of the molecule is COc1ncccc1CNC(=O)Nc1cccc(COCC2CCCCO2)c1. The van der Waals surface area contributed by atoms with E-state index < -0.39 is 0 Å². The van der Waals surface area contributed by atoms with Gasteiger partial charge < -0.3 is 24.8 Å². The molecule has 0 spiro atoms. The van der Waals surface area contributed by atoms with Crippen molar-refractivity contribution in [1.29, 1.82) is 0 Å². The van der Waals surface area contributed by atoms with Crippen molar-refractivity contribution in [3.8, 4) is 5.88 Å². The fraction of sp³-hybridized carbons (Fsp3) is 0.429. The second-order valence-electron chi connectivity index (χ2n) is 6.68. The van der Waals surface area contributed by atoms with Gasteiger partial charge in [-0.05, 0) is 43.0 Å². The molecule has 150 valence electrons. The molecule has 0 radical (unpaired) electrons. The molecular formula is C21H27N3O4. The molecule has 1 aliphatic rings. The average Bonchev–Trinajstić information content (AvgIpc) is 2.73. The van der Waals surface area contributed by atoms with Crippen molar-refractivity contribution in [2.75, 3.05) is 25.6 Å². The zero-order valence-electron chi connectivity index (χ0n) is 16.1. The topological polar surface area (TPSA) is 81.7 Å². The van der Waals surface area contributed by atoms with Crippen molar-refractivity contribution in [2.24, 2.45) is 0 Å². The zero-order valence-corrected chi connectivity index (χ0v) is 16.1. The lowest BCUT2D eigenvalue weighted by Crippen LogP contribution is -2.28. The molecule has 2 amide bonds. The summed E-state index contributed by atoms with van der Waals surface area (Å²) in [5.74, 6) is 0.504. The number of ether oxygens (including phenoxy) is 3. The molecule has 1 aromatic carbocycles. The summed E-state index contributed by atoms with van der Waals surface area (Å²) in [5, 5.41) is 5.65. The van der Waals surface area contributed by atoms with Gasteiger partial charge in [0.25, 0.3) is 0 Å². The highest BCUT2D eigenvalue weighted by molar-refractivity contribution is 5.89. The van der Waals surface area contributed by atoms with Gasteiger partial charge in [0.1, 0.15) is 0 Å². The first-order chi connectivity index (χ1) is 13.7. The lowest BCUT2D eigenvalue weighted by molar-refractivity contribution is -0.0447. The van der Waals surface area contributed by atoms with Crippen LogP contribution in [0.25, 0.3) is 0 Å². The molecule has 1 saturated heterocycles. The largest absolute Gasteiger partial charge is 0.481 e. The molecule has 2 aromatic rings. The van der Waals surface area contributed by atoms with Crippen LogP contribution in [0.3, 0.4) is 0 Å². The number of rotatable bonds is 8. The fourth-order valence-corrected chi connectivity index (χ4v) is 3.08. The van der Waals surface area contributed by atoms with Crippen LogP contribution in [0.15, 0.2) is 42.6 Å². The number of hydrogen-bond donors (Lipinski definition) is 2. The van der Waals surface area contributed by atoms with Crippen LogP contribution >= 0.6 is 0 Å². The molecule has 1 fully saturated rings. The van der Waals surface area contributed by atoms with Gasteiger partial charge in [0.2, 0.25) is 5.88 Å². The predicted octanol–water partition coefficient (Wildman–Crippen LogP) is 3.50. The lowest BCUT2D eigenvalue weighted by Gasteiger charge is -2.22. The van der Waals surface area contributed by atoms with Crippen LogP contribution in [0.2, 0.25) is 0 Å². The van der Waals surface area contributed by atoms with Crippen LogP contribution < -0.4 is 15.4 Å². The summed E-state index contributed by atoms with van der Waals surface area (Å²) in [5.41, 5.74) is 2.53. The van der Waals surface area contributed by atoms with Crippen molar-refractivity contribution < 1.29 is 19.0 Å². The number of carbonyl (C=O) groups is 1. The summed E-state index contributed by atoms with van der Waals surface area (Å²) >= 11 is 0. The Bertz CT molecular complexity index is 763. The van der Waals surface area contributed by atoms with Crippen LogP contribution in [0.1, 0.15) is 30.4 Å². The van der Waals surface area contributed by atoms with Crippen molar-refractivity contribution in [3.05, 3.63) is 53.7 Å². The van der Waals surface area contributed by atoms with E-state index in [1.165, 1.54) is 6.42 Å². The molecule has 0 aliphatic carbocycles. The molecule has 7 nitrogen and oxygen atoms in total. The highest BCUT2D eigenvalue weighted by atomic mass is 16.5. The smallest absolute Gasteiger partial charge is 0.319 e. The maximum Gasteiger partial charge on any atom is 0.319 e. The Kier molecular flexibility index (Phi) is 7.63. The summed E-state index contributed by atoms with van der Waals surface area (Å²) in [4.78, 5) is 16.3. The minimum absolute atomic E-state index is 0.199. The van der Waals surface area contributed by atoms with Gasteiger partial charge in [-0.2, -0.15) is 0 Å². The molecule has 1 atom stereocenters. The number of aromatic nitrogens is 1. The van der Waals surface area contributed by atoms with E-state index in [0.717, 1.165) is 30.6 Å². The van der Waals surface area contributed by atoms with E-state index >= 15 is 0 Å². The van der Waals surface area contributed by atoms with Crippen LogP contribution in [-0.2, 0) is 22.6 Å². The van der Waals surface area contributed by atoms with Crippen molar-refractivity contribution in [2.45, 2.75) is 38.5 Å². The molecule has 1 unspecified atom stereocenters. The highest BCUT2D eigenvalue weighted by Gasteiger charge is 2.13. The number of urea groups is 1. The van der Waals surface area contributed by atoms with Gasteiger partial charge in [-0.15, -0.1) is 0 Å². The molecule has 7 heteroatoms. The van der Waals surface area contributed by atoms with Crippen molar-refractivity contribution >= 4 is 11.7 Å². The first-order valence-corrected chi connectivity index (χ1v) is 9.55. The third-order valence-electron chi connectivity index (χ3n) is 4.51. The number of carbonyl (C=O) groups excluding carboxylic acids is 1. The Labute approximate surface area is 165 Å². The van der Waals surface area contributed by atoms with Gasteiger partial charge in [-0.3, -0.25) is 0 Å². The molecule has 1 aliphatic heterocycles. The molecule has 0 saturated carbocycles. The fourth-order valence-electron chi connectivity index (χ4n) is 3.08. The standard InChI is InChI=1S/C21H27N3O4/c1-26-20-17(7-5-10-22-20)13-23-21(25)24-18-8-4-6-16(12-18)14-27-15-19-9-2-3-11-28-19/h4-8,10,12,19H,2-3,9,11,13-15H2,1H3,(H2,23,24,25). The third kappa shape index (κ3) is 6.21. The molecule has 2 N–H and O–H groups in total. The highest BCUT2D eigenvalue weighted by Crippen LogP contribution is 2.16. The summed E-state index contributed by atoms with van der Waals surface area (Å²) < 4.78 is 16.6. The third-order valence-corrected chi connectivity index (χ3v) is 4.51. The Morgan fingerprint density at radius 2 is 2.21 bits per heavy atom. The Morgan fingerprint density at radius 3 is 3.04 bits per heavy atom. The van der Waals surface area contributed by atoms with Gasteiger partial charge in [0, 0.05) is 30.6 Å². The number of amides is 2. The Morgan fingerprint density at radius 1 is 1.29 bits per heavy atom. The van der Waals surface area contributed by atoms with Crippen LogP contribution in [0.5, 0.6) is 5.88 Å².